The van der Waals surface area contributed by atoms with E-state index in [-0.39, 0.29) is 5.69 Å². The van der Waals surface area contributed by atoms with Crippen molar-refractivity contribution in [1.29, 1.82) is 0 Å². The summed E-state index contributed by atoms with van der Waals surface area (Å²) in [6.45, 7) is 1.61. The van der Waals surface area contributed by atoms with Crippen molar-refractivity contribution in [3.63, 3.8) is 0 Å². The van der Waals surface area contributed by atoms with E-state index in [2.05, 4.69) is 10.4 Å². The highest BCUT2D eigenvalue weighted by Gasteiger charge is 2.11. The number of anilines is 1. The van der Waals surface area contributed by atoms with Crippen molar-refractivity contribution in [3.05, 3.63) is 52.5 Å². The van der Waals surface area contributed by atoms with Gasteiger partial charge in [-0.25, -0.2) is 4.98 Å². The van der Waals surface area contributed by atoms with Crippen LogP contribution >= 0.6 is 0 Å². The maximum atomic E-state index is 10.6. The van der Waals surface area contributed by atoms with Crippen molar-refractivity contribution in [1.82, 2.24) is 9.66 Å². The largest absolute Gasteiger partial charge is 0.290 e. The Hall–Kier alpha value is -2.37. The second-order valence-electron chi connectivity index (χ2n) is 3.26. The Morgan fingerprint density at radius 2 is 2.06 bits per heavy atom. The van der Waals surface area contributed by atoms with E-state index in [4.69, 9.17) is 0 Å². The Labute approximate surface area is 91.7 Å². The Balaban J connectivity index is 2.24. The van der Waals surface area contributed by atoms with E-state index in [9.17, 15) is 10.1 Å². The van der Waals surface area contributed by atoms with Crippen LogP contribution in [0.5, 0.6) is 0 Å². The second kappa shape index (κ2) is 4.01. The summed E-state index contributed by atoms with van der Waals surface area (Å²) in [7, 11) is 0. The van der Waals surface area contributed by atoms with E-state index in [0.29, 0.717) is 11.5 Å². The number of pyridine rings is 1. The standard InChI is InChI=1S/C10H10N4O2/c1-8-9(14(15)16)4-5-10(11-8)12-13-6-2-3-7-13/h2-7H,1H3,(H,11,12). The summed E-state index contributed by atoms with van der Waals surface area (Å²) in [5, 5.41) is 10.6. The molecule has 0 spiro atoms. The first-order valence-electron chi connectivity index (χ1n) is 4.69. The fourth-order valence-corrected chi connectivity index (χ4v) is 1.35. The Morgan fingerprint density at radius 1 is 1.38 bits per heavy atom. The predicted molar refractivity (Wildman–Crippen MR) is 59.1 cm³/mol. The molecule has 82 valence electrons. The lowest BCUT2D eigenvalue weighted by Gasteiger charge is -2.06. The molecule has 0 aliphatic rings. The minimum atomic E-state index is -0.443. The van der Waals surface area contributed by atoms with E-state index in [1.165, 1.54) is 6.07 Å². The zero-order valence-corrected chi connectivity index (χ0v) is 8.62. The van der Waals surface area contributed by atoms with Crippen molar-refractivity contribution < 1.29 is 4.92 Å². The minimum Gasteiger partial charge on any atom is -0.278 e. The smallest absolute Gasteiger partial charge is 0.278 e. The fourth-order valence-electron chi connectivity index (χ4n) is 1.35. The van der Waals surface area contributed by atoms with Gasteiger partial charge in [-0.2, -0.15) is 0 Å². The molecule has 0 atom stereocenters. The topological polar surface area (TPSA) is 73.0 Å². The molecule has 2 heterocycles. The van der Waals surface area contributed by atoms with Crippen LogP contribution in [-0.2, 0) is 0 Å². The number of rotatable bonds is 3. The zero-order chi connectivity index (χ0) is 11.5. The first kappa shape index (κ1) is 10.2. The fraction of sp³-hybridized carbons (Fsp3) is 0.100. The van der Waals surface area contributed by atoms with E-state index in [1.54, 1.807) is 17.7 Å². The van der Waals surface area contributed by atoms with Crippen molar-refractivity contribution in [3.8, 4) is 0 Å². The quantitative estimate of drug-likeness (QED) is 0.631. The van der Waals surface area contributed by atoms with Crippen molar-refractivity contribution in [2.75, 3.05) is 5.43 Å². The van der Waals surface area contributed by atoms with Gasteiger partial charge in [0, 0.05) is 18.5 Å². The molecular weight excluding hydrogens is 208 g/mol. The van der Waals surface area contributed by atoms with E-state index in [1.807, 2.05) is 24.5 Å². The molecule has 0 aliphatic carbocycles. The molecule has 0 fully saturated rings. The van der Waals surface area contributed by atoms with Crippen LogP contribution in [0.15, 0.2) is 36.7 Å². The molecule has 0 saturated heterocycles. The van der Waals surface area contributed by atoms with Gasteiger partial charge in [-0.1, -0.05) is 0 Å². The number of aryl methyl sites for hydroxylation is 1. The van der Waals surface area contributed by atoms with Gasteiger partial charge in [0.15, 0.2) is 0 Å². The Morgan fingerprint density at radius 3 is 2.62 bits per heavy atom. The predicted octanol–water partition coefficient (Wildman–Crippen LogP) is 1.97. The third kappa shape index (κ3) is 2.00. The first-order valence-corrected chi connectivity index (χ1v) is 4.69. The third-order valence-electron chi connectivity index (χ3n) is 2.10. The van der Waals surface area contributed by atoms with Gasteiger partial charge in [0.25, 0.3) is 5.69 Å². The lowest BCUT2D eigenvalue weighted by molar-refractivity contribution is -0.385. The van der Waals surface area contributed by atoms with Crippen LogP contribution in [0.1, 0.15) is 5.69 Å². The summed E-state index contributed by atoms with van der Waals surface area (Å²) in [5.74, 6) is 0.569. The normalized spacial score (nSPS) is 10.1. The van der Waals surface area contributed by atoms with Crippen LogP contribution in [0.25, 0.3) is 0 Å². The molecular formula is C10H10N4O2. The summed E-state index contributed by atoms with van der Waals surface area (Å²) in [4.78, 5) is 14.2. The number of hydrogen-bond donors (Lipinski definition) is 1. The molecule has 0 amide bonds. The Kier molecular flexibility index (Phi) is 2.55. The molecule has 0 unspecified atom stereocenters. The summed E-state index contributed by atoms with van der Waals surface area (Å²) < 4.78 is 1.72. The lowest BCUT2D eigenvalue weighted by Crippen LogP contribution is -2.08. The number of aromatic nitrogens is 2. The van der Waals surface area contributed by atoms with Gasteiger partial charge in [0.1, 0.15) is 11.5 Å². The summed E-state index contributed by atoms with van der Waals surface area (Å²) in [6.07, 6.45) is 3.64. The van der Waals surface area contributed by atoms with E-state index < -0.39 is 4.92 Å². The zero-order valence-electron chi connectivity index (χ0n) is 8.62. The van der Waals surface area contributed by atoms with Crippen LogP contribution in [0, 0.1) is 17.0 Å². The maximum Gasteiger partial charge on any atom is 0.290 e. The molecule has 0 aliphatic heterocycles. The first-order chi connectivity index (χ1) is 7.66. The number of nitrogens with one attached hydrogen (secondary N) is 1. The monoisotopic (exact) mass is 218 g/mol. The van der Waals surface area contributed by atoms with Crippen molar-refractivity contribution in [2.24, 2.45) is 0 Å². The average Bonchev–Trinajstić information content (AvgIpc) is 2.70. The van der Waals surface area contributed by atoms with Crippen LogP contribution in [0.3, 0.4) is 0 Å². The van der Waals surface area contributed by atoms with Crippen LogP contribution in [0.2, 0.25) is 0 Å². The third-order valence-corrected chi connectivity index (χ3v) is 2.10. The molecule has 0 bridgehead atoms. The number of nitro groups is 1. The van der Waals surface area contributed by atoms with E-state index >= 15 is 0 Å². The van der Waals surface area contributed by atoms with Gasteiger partial charge in [-0.3, -0.25) is 20.2 Å². The summed E-state index contributed by atoms with van der Waals surface area (Å²) in [6, 6.07) is 6.75. The average molecular weight is 218 g/mol. The molecule has 2 aromatic rings. The number of nitrogens with zero attached hydrogens (tertiary/aromatic N) is 3. The van der Waals surface area contributed by atoms with Gasteiger partial charge >= 0.3 is 0 Å². The summed E-state index contributed by atoms with van der Waals surface area (Å²) in [5.41, 5.74) is 3.39. The maximum absolute atomic E-state index is 10.6. The Bertz CT molecular complexity index is 508. The molecule has 6 nitrogen and oxygen atoms in total. The molecule has 1 N–H and O–H groups in total. The highest BCUT2D eigenvalue weighted by molar-refractivity contribution is 5.44. The molecule has 6 heteroatoms. The van der Waals surface area contributed by atoms with Crippen molar-refractivity contribution in [2.45, 2.75) is 6.92 Å². The molecule has 0 aromatic carbocycles. The minimum absolute atomic E-state index is 0.0260. The van der Waals surface area contributed by atoms with Gasteiger partial charge in [-0.05, 0) is 25.1 Å². The van der Waals surface area contributed by atoms with Crippen LogP contribution in [-0.4, -0.2) is 14.6 Å². The highest BCUT2D eigenvalue weighted by Crippen LogP contribution is 2.17. The lowest BCUT2D eigenvalue weighted by atomic mass is 10.3. The summed E-state index contributed by atoms with van der Waals surface area (Å²) >= 11 is 0. The molecule has 0 saturated carbocycles. The van der Waals surface area contributed by atoms with Crippen LogP contribution in [0.4, 0.5) is 11.5 Å². The van der Waals surface area contributed by atoms with Crippen LogP contribution < -0.4 is 5.43 Å². The van der Waals surface area contributed by atoms with E-state index in [0.717, 1.165) is 0 Å². The van der Waals surface area contributed by atoms with Gasteiger partial charge in [0.2, 0.25) is 0 Å². The van der Waals surface area contributed by atoms with Gasteiger partial charge < -0.3 is 0 Å². The van der Waals surface area contributed by atoms with Crippen molar-refractivity contribution >= 4 is 11.5 Å². The SMILES string of the molecule is Cc1nc(Nn2cccc2)ccc1[N+](=O)[O-]. The second-order valence-corrected chi connectivity index (χ2v) is 3.26. The molecule has 0 radical (unpaired) electrons. The van der Waals surface area contributed by atoms with Gasteiger partial charge in [-0.15, -0.1) is 0 Å². The number of hydrogen-bond acceptors (Lipinski definition) is 4. The molecule has 2 rings (SSSR count). The molecule has 2 aromatic heterocycles. The molecule has 16 heavy (non-hydrogen) atoms. The highest BCUT2D eigenvalue weighted by atomic mass is 16.6. The van der Waals surface area contributed by atoms with Gasteiger partial charge in [0.05, 0.1) is 4.92 Å².